The molecule has 0 atom stereocenters. The van der Waals surface area contributed by atoms with Gasteiger partial charge in [0.15, 0.2) is 5.78 Å². The van der Waals surface area contributed by atoms with Crippen molar-refractivity contribution < 1.29 is 13.9 Å². The van der Waals surface area contributed by atoms with Crippen molar-refractivity contribution in [2.45, 2.75) is 13.3 Å². The highest BCUT2D eigenvalue weighted by molar-refractivity contribution is 6.31. The van der Waals surface area contributed by atoms with Gasteiger partial charge in [-0.25, -0.2) is 4.39 Å². The molecule has 2 nitrogen and oxygen atoms in total. The number of ether oxygens (including phenoxy) is 1. The van der Waals surface area contributed by atoms with Crippen LogP contribution in [0.25, 0.3) is 0 Å². The molecule has 4 heteroatoms. The van der Waals surface area contributed by atoms with Crippen LogP contribution in [0, 0.1) is 5.82 Å². The molecule has 2 aromatic carbocycles. The van der Waals surface area contributed by atoms with Crippen LogP contribution < -0.4 is 4.74 Å². The summed E-state index contributed by atoms with van der Waals surface area (Å²) in [6, 6.07) is 11.2. The van der Waals surface area contributed by atoms with E-state index in [9.17, 15) is 9.18 Å². The number of benzene rings is 2. The average Bonchev–Trinajstić information content (AvgIpc) is 2.43. The molecule has 2 aromatic rings. The van der Waals surface area contributed by atoms with Crippen molar-refractivity contribution in [2.75, 3.05) is 6.61 Å². The highest BCUT2D eigenvalue weighted by Crippen LogP contribution is 2.22. The van der Waals surface area contributed by atoms with Gasteiger partial charge in [-0.15, -0.1) is 0 Å². The van der Waals surface area contributed by atoms with E-state index in [2.05, 4.69) is 0 Å². The number of hydrogen-bond acceptors (Lipinski definition) is 2. The Kier molecular flexibility index (Phi) is 4.74. The fourth-order valence-corrected chi connectivity index (χ4v) is 2.12. The molecule has 0 aliphatic heterocycles. The number of halogens is 2. The predicted molar refractivity (Wildman–Crippen MR) is 77.1 cm³/mol. The summed E-state index contributed by atoms with van der Waals surface area (Å²) in [6.45, 7) is 2.39. The van der Waals surface area contributed by atoms with Crippen molar-refractivity contribution in [3.63, 3.8) is 0 Å². The van der Waals surface area contributed by atoms with E-state index in [-0.39, 0.29) is 22.8 Å². The molecule has 0 N–H and O–H groups in total. The van der Waals surface area contributed by atoms with Crippen molar-refractivity contribution in [1.82, 2.24) is 0 Å². The molecule has 0 saturated carbocycles. The molecule has 2 rings (SSSR count). The van der Waals surface area contributed by atoms with E-state index >= 15 is 0 Å². The van der Waals surface area contributed by atoms with Crippen molar-refractivity contribution >= 4 is 17.4 Å². The molecule has 0 bridgehead atoms. The van der Waals surface area contributed by atoms with Crippen LogP contribution >= 0.6 is 11.6 Å². The Hall–Kier alpha value is -1.87. The van der Waals surface area contributed by atoms with Crippen LogP contribution in [0.3, 0.4) is 0 Å². The van der Waals surface area contributed by atoms with Gasteiger partial charge in [-0.05, 0) is 31.2 Å². The molecule has 0 heterocycles. The van der Waals surface area contributed by atoms with Gasteiger partial charge in [0.25, 0.3) is 0 Å². The summed E-state index contributed by atoms with van der Waals surface area (Å²) in [5.74, 6) is -0.0386. The monoisotopic (exact) mass is 292 g/mol. The fourth-order valence-electron chi connectivity index (χ4n) is 1.89. The SMILES string of the molecule is CCOc1cccc(C(=O)Cc2c(F)cccc2Cl)c1. The smallest absolute Gasteiger partial charge is 0.167 e. The minimum atomic E-state index is -0.466. The molecule has 20 heavy (non-hydrogen) atoms. The van der Waals surface area contributed by atoms with E-state index in [4.69, 9.17) is 16.3 Å². The third-order valence-electron chi connectivity index (χ3n) is 2.87. The van der Waals surface area contributed by atoms with Gasteiger partial charge in [0.2, 0.25) is 0 Å². The molecule has 0 spiro atoms. The number of ketones is 1. The van der Waals surface area contributed by atoms with Gasteiger partial charge in [-0.1, -0.05) is 29.8 Å². The quantitative estimate of drug-likeness (QED) is 0.768. The largest absolute Gasteiger partial charge is 0.494 e. The average molecular weight is 293 g/mol. The zero-order valence-corrected chi connectivity index (χ0v) is 11.8. The Balaban J connectivity index is 2.22. The Morgan fingerprint density at radius 3 is 2.70 bits per heavy atom. The van der Waals surface area contributed by atoms with Gasteiger partial charge < -0.3 is 4.74 Å². The normalized spacial score (nSPS) is 10.3. The van der Waals surface area contributed by atoms with Gasteiger partial charge in [0.05, 0.1) is 6.61 Å². The summed E-state index contributed by atoms with van der Waals surface area (Å²) in [4.78, 5) is 12.2. The Bertz CT molecular complexity index is 605. The molecular formula is C16H14ClFO2. The first-order valence-electron chi connectivity index (χ1n) is 6.30. The molecular weight excluding hydrogens is 279 g/mol. The Morgan fingerprint density at radius 1 is 1.25 bits per heavy atom. The zero-order chi connectivity index (χ0) is 14.5. The van der Waals surface area contributed by atoms with Gasteiger partial charge in [-0.3, -0.25) is 4.79 Å². The minimum absolute atomic E-state index is 0.0684. The van der Waals surface area contributed by atoms with Crippen LogP contribution in [0.5, 0.6) is 5.75 Å². The first kappa shape index (κ1) is 14.5. The van der Waals surface area contributed by atoms with Gasteiger partial charge in [0.1, 0.15) is 11.6 Å². The van der Waals surface area contributed by atoms with Gasteiger partial charge in [0, 0.05) is 22.6 Å². The maximum absolute atomic E-state index is 13.7. The van der Waals surface area contributed by atoms with Crippen molar-refractivity contribution in [1.29, 1.82) is 0 Å². The van der Waals surface area contributed by atoms with Crippen molar-refractivity contribution in [3.8, 4) is 5.75 Å². The van der Waals surface area contributed by atoms with Crippen LogP contribution in [0.1, 0.15) is 22.8 Å². The van der Waals surface area contributed by atoms with E-state index in [0.29, 0.717) is 17.9 Å². The second-order valence-electron chi connectivity index (χ2n) is 4.26. The van der Waals surface area contributed by atoms with Crippen LogP contribution in [0.4, 0.5) is 4.39 Å². The number of Topliss-reactive ketones (excluding diaryl/α,β-unsaturated/α-hetero) is 1. The first-order valence-corrected chi connectivity index (χ1v) is 6.68. The lowest BCUT2D eigenvalue weighted by Gasteiger charge is -2.07. The lowest BCUT2D eigenvalue weighted by Crippen LogP contribution is -2.06. The summed E-state index contributed by atoms with van der Waals surface area (Å²) < 4.78 is 19.0. The third kappa shape index (κ3) is 3.36. The molecule has 0 amide bonds. The summed E-state index contributed by atoms with van der Waals surface area (Å²) in [5.41, 5.74) is 0.705. The van der Waals surface area contributed by atoms with Gasteiger partial charge in [-0.2, -0.15) is 0 Å². The molecule has 0 radical (unpaired) electrons. The van der Waals surface area contributed by atoms with Crippen LogP contribution in [-0.2, 0) is 6.42 Å². The number of carbonyl (C=O) groups excluding carboxylic acids is 1. The topological polar surface area (TPSA) is 26.3 Å². The molecule has 0 fully saturated rings. The predicted octanol–water partition coefficient (Wildman–Crippen LogP) is 4.30. The molecule has 0 saturated heterocycles. The summed E-state index contributed by atoms with van der Waals surface area (Å²) in [6.07, 6.45) is -0.0684. The highest BCUT2D eigenvalue weighted by atomic mass is 35.5. The molecule has 0 aliphatic carbocycles. The second-order valence-corrected chi connectivity index (χ2v) is 4.67. The van der Waals surface area contributed by atoms with E-state index in [1.54, 1.807) is 30.3 Å². The van der Waals surface area contributed by atoms with E-state index in [1.165, 1.54) is 12.1 Å². The second kappa shape index (κ2) is 6.53. The zero-order valence-electron chi connectivity index (χ0n) is 11.0. The number of rotatable bonds is 5. The van der Waals surface area contributed by atoms with E-state index in [1.807, 2.05) is 6.92 Å². The standard InChI is InChI=1S/C16H14ClFO2/c1-2-20-12-6-3-5-11(9-12)16(19)10-13-14(17)7-4-8-15(13)18/h3-9H,2,10H2,1H3. The maximum Gasteiger partial charge on any atom is 0.167 e. The summed E-state index contributed by atoms with van der Waals surface area (Å²) in [7, 11) is 0. The molecule has 0 aliphatic rings. The van der Waals surface area contributed by atoms with Crippen molar-refractivity contribution in [3.05, 3.63) is 64.4 Å². The molecule has 0 aromatic heterocycles. The fraction of sp³-hybridized carbons (Fsp3) is 0.188. The number of hydrogen-bond donors (Lipinski definition) is 0. The molecule has 104 valence electrons. The summed E-state index contributed by atoms with van der Waals surface area (Å²) in [5, 5.41) is 0.263. The lowest BCUT2D eigenvalue weighted by molar-refractivity contribution is 0.0991. The van der Waals surface area contributed by atoms with Crippen LogP contribution in [0.2, 0.25) is 5.02 Å². The Labute approximate surface area is 122 Å². The maximum atomic E-state index is 13.7. The molecule has 0 unspecified atom stereocenters. The Morgan fingerprint density at radius 2 is 2.00 bits per heavy atom. The first-order chi connectivity index (χ1) is 9.61. The van der Waals surface area contributed by atoms with E-state index < -0.39 is 5.82 Å². The van der Waals surface area contributed by atoms with Crippen LogP contribution in [0.15, 0.2) is 42.5 Å². The third-order valence-corrected chi connectivity index (χ3v) is 3.22. The lowest BCUT2D eigenvalue weighted by atomic mass is 10.0. The van der Waals surface area contributed by atoms with Gasteiger partial charge >= 0.3 is 0 Å². The van der Waals surface area contributed by atoms with Crippen molar-refractivity contribution in [2.24, 2.45) is 0 Å². The minimum Gasteiger partial charge on any atom is -0.494 e. The van der Waals surface area contributed by atoms with Crippen LogP contribution in [-0.4, -0.2) is 12.4 Å². The summed E-state index contributed by atoms with van der Waals surface area (Å²) >= 11 is 5.93. The highest BCUT2D eigenvalue weighted by Gasteiger charge is 2.14. The number of carbonyl (C=O) groups is 1. The van der Waals surface area contributed by atoms with E-state index in [0.717, 1.165) is 0 Å².